The fourth-order valence-corrected chi connectivity index (χ4v) is 5.36. The minimum atomic E-state index is -3.08. The summed E-state index contributed by atoms with van der Waals surface area (Å²) >= 11 is 0. The van der Waals surface area contributed by atoms with E-state index in [1.54, 1.807) is 4.31 Å². The molecule has 1 aliphatic heterocycles. The van der Waals surface area contributed by atoms with Gasteiger partial charge < -0.3 is 5.73 Å². The Bertz CT molecular complexity index is 336. The SMILES string of the molecule is CC1CCN(S(=O)(=O)C2CCCC2)C1CN. The average Bonchev–Trinajstić information content (AvgIpc) is 2.85. The lowest BCUT2D eigenvalue weighted by Gasteiger charge is -2.27. The predicted octanol–water partition coefficient (Wildman–Crippen LogP) is 0.928. The third-order valence-corrected chi connectivity index (χ3v) is 6.54. The van der Waals surface area contributed by atoms with E-state index in [9.17, 15) is 8.42 Å². The highest BCUT2D eigenvalue weighted by Gasteiger charge is 2.42. The molecule has 94 valence electrons. The van der Waals surface area contributed by atoms with Crippen molar-refractivity contribution in [3.8, 4) is 0 Å². The fourth-order valence-electron chi connectivity index (χ4n) is 3.02. The molecule has 1 saturated carbocycles. The molecule has 2 unspecified atom stereocenters. The molecule has 0 aromatic heterocycles. The summed E-state index contributed by atoms with van der Waals surface area (Å²) in [6.45, 7) is 3.22. The summed E-state index contributed by atoms with van der Waals surface area (Å²) in [7, 11) is -3.08. The highest BCUT2D eigenvalue weighted by Crippen LogP contribution is 2.33. The van der Waals surface area contributed by atoms with Gasteiger partial charge in [-0.05, 0) is 25.2 Å². The molecule has 0 bridgehead atoms. The van der Waals surface area contributed by atoms with Crippen molar-refractivity contribution < 1.29 is 8.42 Å². The van der Waals surface area contributed by atoms with Crippen molar-refractivity contribution in [1.82, 2.24) is 4.31 Å². The van der Waals surface area contributed by atoms with E-state index < -0.39 is 10.0 Å². The van der Waals surface area contributed by atoms with E-state index in [4.69, 9.17) is 5.73 Å². The van der Waals surface area contributed by atoms with Gasteiger partial charge in [0, 0.05) is 19.1 Å². The molecule has 0 radical (unpaired) electrons. The summed E-state index contributed by atoms with van der Waals surface area (Å²) < 4.78 is 26.5. The Labute approximate surface area is 98.2 Å². The molecule has 1 saturated heterocycles. The molecular formula is C11H22N2O2S. The normalized spacial score (nSPS) is 33.6. The molecule has 2 atom stereocenters. The second-order valence-electron chi connectivity index (χ2n) is 5.13. The van der Waals surface area contributed by atoms with Crippen LogP contribution in [-0.4, -0.2) is 37.1 Å². The van der Waals surface area contributed by atoms with E-state index in [0.717, 1.165) is 32.1 Å². The highest BCUT2D eigenvalue weighted by atomic mass is 32.2. The topological polar surface area (TPSA) is 63.4 Å². The zero-order chi connectivity index (χ0) is 11.8. The minimum Gasteiger partial charge on any atom is -0.329 e. The standard InChI is InChI=1S/C11H22N2O2S/c1-9-6-7-13(11(9)8-12)16(14,15)10-4-2-3-5-10/h9-11H,2-8,12H2,1H3. The first-order valence-corrected chi connectivity index (χ1v) is 7.78. The predicted molar refractivity (Wildman–Crippen MR) is 64.5 cm³/mol. The largest absolute Gasteiger partial charge is 0.329 e. The van der Waals surface area contributed by atoms with Crippen LogP contribution in [0.5, 0.6) is 0 Å². The van der Waals surface area contributed by atoms with E-state index in [0.29, 0.717) is 19.0 Å². The van der Waals surface area contributed by atoms with Crippen molar-refractivity contribution in [1.29, 1.82) is 0 Å². The maximum Gasteiger partial charge on any atom is 0.217 e. The summed E-state index contributed by atoms with van der Waals surface area (Å²) in [6.07, 6.45) is 4.74. The van der Waals surface area contributed by atoms with Crippen LogP contribution in [-0.2, 0) is 10.0 Å². The fraction of sp³-hybridized carbons (Fsp3) is 1.00. The van der Waals surface area contributed by atoms with Crippen LogP contribution in [0.1, 0.15) is 39.0 Å². The van der Waals surface area contributed by atoms with E-state index in [1.165, 1.54) is 0 Å². The van der Waals surface area contributed by atoms with Crippen molar-refractivity contribution in [2.75, 3.05) is 13.1 Å². The Morgan fingerprint density at radius 1 is 1.25 bits per heavy atom. The van der Waals surface area contributed by atoms with Gasteiger partial charge in [-0.2, -0.15) is 4.31 Å². The Balaban J connectivity index is 2.16. The van der Waals surface area contributed by atoms with Crippen LogP contribution in [0, 0.1) is 5.92 Å². The van der Waals surface area contributed by atoms with Gasteiger partial charge in [-0.1, -0.05) is 19.8 Å². The molecule has 2 aliphatic rings. The lowest BCUT2D eigenvalue weighted by atomic mass is 10.0. The smallest absolute Gasteiger partial charge is 0.217 e. The lowest BCUT2D eigenvalue weighted by molar-refractivity contribution is 0.350. The third-order valence-electron chi connectivity index (χ3n) is 4.12. The van der Waals surface area contributed by atoms with E-state index in [-0.39, 0.29) is 11.3 Å². The number of nitrogens with zero attached hydrogens (tertiary/aromatic N) is 1. The molecule has 2 rings (SSSR count). The minimum absolute atomic E-state index is 0.0330. The van der Waals surface area contributed by atoms with E-state index >= 15 is 0 Å². The first kappa shape index (κ1) is 12.3. The van der Waals surface area contributed by atoms with Crippen LogP contribution in [0.15, 0.2) is 0 Å². The molecule has 2 fully saturated rings. The first-order valence-electron chi connectivity index (χ1n) is 6.28. The van der Waals surface area contributed by atoms with Crippen LogP contribution in [0.4, 0.5) is 0 Å². The molecule has 2 N–H and O–H groups in total. The van der Waals surface area contributed by atoms with Gasteiger partial charge in [0.1, 0.15) is 0 Å². The van der Waals surface area contributed by atoms with Gasteiger partial charge in [0.05, 0.1) is 5.25 Å². The molecule has 1 heterocycles. The number of hydrogen-bond donors (Lipinski definition) is 1. The lowest BCUT2D eigenvalue weighted by Crippen LogP contribution is -2.45. The maximum atomic E-state index is 12.4. The van der Waals surface area contributed by atoms with Gasteiger partial charge in [0.2, 0.25) is 10.0 Å². The molecule has 16 heavy (non-hydrogen) atoms. The van der Waals surface area contributed by atoms with Crippen LogP contribution < -0.4 is 5.73 Å². The van der Waals surface area contributed by atoms with Crippen LogP contribution in [0.3, 0.4) is 0 Å². The molecule has 4 nitrogen and oxygen atoms in total. The number of hydrogen-bond acceptors (Lipinski definition) is 3. The summed E-state index contributed by atoms with van der Waals surface area (Å²) in [6, 6.07) is 0.0330. The first-order chi connectivity index (χ1) is 7.57. The van der Waals surface area contributed by atoms with Crippen LogP contribution >= 0.6 is 0 Å². The maximum absolute atomic E-state index is 12.4. The molecule has 5 heteroatoms. The highest BCUT2D eigenvalue weighted by molar-refractivity contribution is 7.89. The van der Waals surface area contributed by atoms with Gasteiger partial charge in [-0.25, -0.2) is 8.42 Å². The third kappa shape index (κ3) is 2.00. The van der Waals surface area contributed by atoms with Crippen LogP contribution in [0.25, 0.3) is 0 Å². The Morgan fingerprint density at radius 3 is 2.44 bits per heavy atom. The Morgan fingerprint density at radius 2 is 1.88 bits per heavy atom. The molecule has 0 aromatic carbocycles. The summed E-state index contributed by atoms with van der Waals surface area (Å²) in [5.41, 5.74) is 5.70. The summed E-state index contributed by atoms with van der Waals surface area (Å²) in [5.74, 6) is 0.404. The van der Waals surface area contributed by atoms with Crippen molar-refractivity contribution >= 4 is 10.0 Å². The van der Waals surface area contributed by atoms with E-state index in [2.05, 4.69) is 6.92 Å². The summed E-state index contributed by atoms with van der Waals surface area (Å²) in [5, 5.41) is -0.133. The number of sulfonamides is 1. The van der Waals surface area contributed by atoms with E-state index in [1.807, 2.05) is 0 Å². The van der Waals surface area contributed by atoms with Crippen molar-refractivity contribution in [3.63, 3.8) is 0 Å². The quantitative estimate of drug-likeness (QED) is 0.805. The second kappa shape index (κ2) is 4.63. The number of rotatable bonds is 3. The van der Waals surface area contributed by atoms with Crippen LogP contribution in [0.2, 0.25) is 0 Å². The average molecular weight is 246 g/mol. The molecule has 0 amide bonds. The zero-order valence-corrected chi connectivity index (χ0v) is 10.7. The van der Waals surface area contributed by atoms with Gasteiger partial charge in [-0.15, -0.1) is 0 Å². The van der Waals surface area contributed by atoms with Crippen molar-refractivity contribution in [2.24, 2.45) is 11.7 Å². The Hall–Kier alpha value is -0.130. The van der Waals surface area contributed by atoms with Gasteiger partial charge in [-0.3, -0.25) is 0 Å². The van der Waals surface area contributed by atoms with Gasteiger partial charge in [0.25, 0.3) is 0 Å². The second-order valence-corrected chi connectivity index (χ2v) is 7.30. The molecular weight excluding hydrogens is 224 g/mol. The molecule has 0 aromatic rings. The monoisotopic (exact) mass is 246 g/mol. The van der Waals surface area contributed by atoms with Gasteiger partial charge in [0.15, 0.2) is 0 Å². The number of nitrogens with two attached hydrogens (primary N) is 1. The van der Waals surface area contributed by atoms with Crippen molar-refractivity contribution in [3.05, 3.63) is 0 Å². The van der Waals surface area contributed by atoms with Crippen molar-refractivity contribution in [2.45, 2.75) is 50.3 Å². The van der Waals surface area contributed by atoms with Gasteiger partial charge >= 0.3 is 0 Å². The molecule has 1 aliphatic carbocycles. The zero-order valence-electron chi connectivity index (χ0n) is 9.93. The Kier molecular flexibility index (Phi) is 3.56. The molecule has 0 spiro atoms. The summed E-state index contributed by atoms with van der Waals surface area (Å²) in [4.78, 5) is 0.